The van der Waals surface area contributed by atoms with Gasteiger partial charge in [0.25, 0.3) is 0 Å². The lowest BCUT2D eigenvalue weighted by atomic mass is 9.90. The summed E-state index contributed by atoms with van der Waals surface area (Å²) in [5, 5.41) is 9.63. The van der Waals surface area contributed by atoms with Crippen LogP contribution in [0.15, 0.2) is 28.6 Å². The molecule has 2 atom stereocenters. The highest BCUT2D eigenvalue weighted by Crippen LogP contribution is 2.39. The van der Waals surface area contributed by atoms with E-state index in [0.29, 0.717) is 5.25 Å². The number of aromatic nitrogens is 1. The maximum Gasteiger partial charge on any atom is 0.151 e. The van der Waals surface area contributed by atoms with Crippen molar-refractivity contribution in [2.24, 2.45) is 5.92 Å². The average molecular weight is 274 g/mol. The van der Waals surface area contributed by atoms with E-state index in [-0.39, 0.29) is 5.92 Å². The molecule has 1 aromatic carbocycles. The topological polar surface area (TPSA) is 36.7 Å². The first kappa shape index (κ1) is 12.0. The summed E-state index contributed by atoms with van der Waals surface area (Å²) in [5.41, 5.74) is 1.08. The van der Waals surface area contributed by atoms with E-state index < -0.39 is 0 Å². The van der Waals surface area contributed by atoms with E-state index in [2.05, 4.69) is 23.2 Å². The first-order valence-corrected chi connectivity index (χ1v) is 7.98. The van der Waals surface area contributed by atoms with Crippen LogP contribution in [-0.4, -0.2) is 10.2 Å². The number of nitriles is 1. The number of rotatable bonds is 2. The summed E-state index contributed by atoms with van der Waals surface area (Å²) in [4.78, 5) is 4.65. The van der Waals surface area contributed by atoms with Gasteiger partial charge in [-0.3, -0.25) is 0 Å². The van der Waals surface area contributed by atoms with Crippen LogP contribution in [0, 0.1) is 17.2 Å². The molecule has 1 aromatic heterocycles. The predicted octanol–water partition coefficient (Wildman–Crippen LogP) is 4.47. The van der Waals surface area contributed by atoms with Crippen LogP contribution < -0.4 is 0 Å². The van der Waals surface area contributed by atoms with Gasteiger partial charge in [-0.05, 0) is 25.0 Å². The smallest absolute Gasteiger partial charge is 0.151 e. The third kappa shape index (κ3) is 2.38. The van der Waals surface area contributed by atoms with Crippen LogP contribution in [0.25, 0.3) is 10.2 Å². The molecule has 1 aliphatic carbocycles. The molecule has 4 heteroatoms. The molecule has 0 N–H and O–H groups in total. The van der Waals surface area contributed by atoms with Crippen molar-refractivity contribution in [2.75, 3.05) is 0 Å². The maximum absolute atomic E-state index is 9.20. The number of thiazole rings is 1. The van der Waals surface area contributed by atoms with Gasteiger partial charge in [0.05, 0.1) is 22.2 Å². The van der Waals surface area contributed by atoms with Crippen molar-refractivity contribution >= 4 is 33.3 Å². The van der Waals surface area contributed by atoms with Crippen LogP contribution >= 0.6 is 23.1 Å². The Bertz CT molecular complexity index is 552. The zero-order valence-electron chi connectivity index (χ0n) is 10.0. The van der Waals surface area contributed by atoms with Crippen molar-refractivity contribution in [2.45, 2.75) is 35.3 Å². The second-order valence-electron chi connectivity index (χ2n) is 4.62. The molecule has 0 amide bonds. The highest BCUT2D eigenvalue weighted by Gasteiger charge is 2.26. The van der Waals surface area contributed by atoms with Crippen molar-refractivity contribution in [3.8, 4) is 6.07 Å². The van der Waals surface area contributed by atoms with Gasteiger partial charge in [0.15, 0.2) is 4.34 Å². The Morgan fingerprint density at radius 2 is 2.11 bits per heavy atom. The molecule has 18 heavy (non-hydrogen) atoms. The van der Waals surface area contributed by atoms with Gasteiger partial charge in [-0.2, -0.15) is 5.26 Å². The lowest BCUT2D eigenvalue weighted by molar-refractivity contribution is 0.439. The fraction of sp³-hybridized carbons (Fsp3) is 0.429. The molecule has 0 radical (unpaired) electrons. The highest BCUT2D eigenvalue weighted by molar-refractivity contribution is 8.01. The van der Waals surface area contributed by atoms with E-state index in [4.69, 9.17) is 0 Å². The van der Waals surface area contributed by atoms with Gasteiger partial charge in [-0.15, -0.1) is 11.3 Å². The van der Waals surface area contributed by atoms with Gasteiger partial charge in [0.2, 0.25) is 0 Å². The summed E-state index contributed by atoms with van der Waals surface area (Å²) in [6.07, 6.45) is 4.66. The summed E-state index contributed by atoms with van der Waals surface area (Å²) >= 11 is 3.55. The van der Waals surface area contributed by atoms with Gasteiger partial charge in [-0.25, -0.2) is 4.98 Å². The Morgan fingerprint density at radius 3 is 2.94 bits per heavy atom. The molecule has 2 aromatic rings. The molecule has 2 nitrogen and oxygen atoms in total. The van der Waals surface area contributed by atoms with Crippen molar-refractivity contribution in [3.05, 3.63) is 24.3 Å². The molecule has 2 unspecified atom stereocenters. The fourth-order valence-corrected chi connectivity index (χ4v) is 5.00. The minimum absolute atomic E-state index is 0.204. The molecule has 1 aliphatic rings. The molecular weight excluding hydrogens is 260 g/mol. The largest absolute Gasteiger partial charge is 0.230 e. The molecule has 3 rings (SSSR count). The minimum atomic E-state index is 0.204. The van der Waals surface area contributed by atoms with Crippen LogP contribution in [0.4, 0.5) is 0 Å². The molecule has 1 heterocycles. The monoisotopic (exact) mass is 274 g/mol. The van der Waals surface area contributed by atoms with Gasteiger partial charge >= 0.3 is 0 Å². The first-order chi connectivity index (χ1) is 8.86. The third-order valence-corrected chi connectivity index (χ3v) is 5.92. The van der Waals surface area contributed by atoms with Crippen LogP contribution in [-0.2, 0) is 0 Å². The Labute approximate surface area is 115 Å². The summed E-state index contributed by atoms with van der Waals surface area (Å²) in [6.45, 7) is 0. The van der Waals surface area contributed by atoms with Crippen molar-refractivity contribution < 1.29 is 0 Å². The van der Waals surface area contributed by atoms with E-state index in [1.807, 2.05) is 23.9 Å². The predicted molar refractivity (Wildman–Crippen MR) is 76.8 cm³/mol. The molecule has 0 spiro atoms. The van der Waals surface area contributed by atoms with Crippen LogP contribution in [0.3, 0.4) is 0 Å². The highest BCUT2D eigenvalue weighted by atomic mass is 32.2. The van der Waals surface area contributed by atoms with Crippen LogP contribution in [0.5, 0.6) is 0 Å². The van der Waals surface area contributed by atoms with E-state index in [0.717, 1.165) is 22.7 Å². The van der Waals surface area contributed by atoms with Crippen LogP contribution in [0.2, 0.25) is 0 Å². The van der Waals surface area contributed by atoms with E-state index in [9.17, 15) is 5.26 Å². The molecule has 0 aliphatic heterocycles. The average Bonchev–Trinajstić information content (AvgIpc) is 2.81. The summed E-state index contributed by atoms with van der Waals surface area (Å²) in [5.74, 6) is 0.204. The quantitative estimate of drug-likeness (QED) is 0.810. The maximum atomic E-state index is 9.20. The standard InChI is InChI=1S/C14H14N2S2/c15-9-10-5-1-3-7-12(10)17-14-16-11-6-2-4-8-13(11)18-14/h2,4,6,8,10,12H,1,3,5,7H2. The summed E-state index contributed by atoms with van der Waals surface area (Å²) in [7, 11) is 0. The Morgan fingerprint density at radius 1 is 1.28 bits per heavy atom. The molecule has 1 fully saturated rings. The number of hydrogen-bond donors (Lipinski definition) is 0. The molecule has 1 saturated carbocycles. The fourth-order valence-electron chi connectivity index (χ4n) is 2.42. The van der Waals surface area contributed by atoms with Gasteiger partial charge in [0, 0.05) is 5.25 Å². The second kappa shape index (κ2) is 5.29. The van der Waals surface area contributed by atoms with E-state index in [1.165, 1.54) is 17.5 Å². The normalized spacial score (nSPS) is 23.9. The number of hydrogen-bond acceptors (Lipinski definition) is 4. The summed E-state index contributed by atoms with van der Waals surface area (Å²) in [6, 6.07) is 10.7. The number of nitrogens with zero attached hydrogens (tertiary/aromatic N) is 2. The number of benzene rings is 1. The second-order valence-corrected chi connectivity index (χ2v) is 7.14. The van der Waals surface area contributed by atoms with Gasteiger partial charge in [-0.1, -0.05) is 36.7 Å². The SMILES string of the molecule is N#CC1CCCCC1Sc1nc2ccccc2s1. The zero-order valence-corrected chi connectivity index (χ0v) is 11.6. The van der Waals surface area contributed by atoms with Crippen LogP contribution in [0.1, 0.15) is 25.7 Å². The van der Waals surface area contributed by atoms with Crippen molar-refractivity contribution in [1.82, 2.24) is 4.98 Å². The molecule has 0 saturated heterocycles. The Kier molecular flexibility index (Phi) is 3.53. The number of para-hydroxylation sites is 1. The minimum Gasteiger partial charge on any atom is -0.230 e. The molecule has 0 bridgehead atoms. The number of fused-ring (bicyclic) bond motifs is 1. The molecular formula is C14H14N2S2. The first-order valence-electron chi connectivity index (χ1n) is 6.28. The van der Waals surface area contributed by atoms with E-state index in [1.54, 1.807) is 11.3 Å². The lowest BCUT2D eigenvalue weighted by Gasteiger charge is -2.24. The van der Waals surface area contributed by atoms with Gasteiger partial charge in [0.1, 0.15) is 0 Å². The van der Waals surface area contributed by atoms with Crippen molar-refractivity contribution in [3.63, 3.8) is 0 Å². The third-order valence-electron chi connectivity index (χ3n) is 3.39. The lowest BCUT2D eigenvalue weighted by Crippen LogP contribution is -2.20. The number of thioether (sulfide) groups is 1. The Balaban J connectivity index is 1.81. The van der Waals surface area contributed by atoms with E-state index >= 15 is 0 Å². The molecule has 92 valence electrons. The van der Waals surface area contributed by atoms with Crippen molar-refractivity contribution in [1.29, 1.82) is 5.26 Å². The van der Waals surface area contributed by atoms with Gasteiger partial charge < -0.3 is 0 Å². The Hall–Kier alpha value is -1.05. The zero-order chi connectivity index (χ0) is 12.4. The summed E-state index contributed by atoms with van der Waals surface area (Å²) < 4.78 is 2.35.